The summed E-state index contributed by atoms with van der Waals surface area (Å²) in [5.74, 6) is 0.782. The highest BCUT2D eigenvalue weighted by molar-refractivity contribution is 6.33. The van der Waals surface area contributed by atoms with E-state index in [1.807, 2.05) is 30.3 Å². The number of amides is 3. The first-order valence-corrected chi connectivity index (χ1v) is 22.7. The minimum atomic E-state index is -0.681. The molecule has 3 atom stereocenters. The largest absolute Gasteiger partial charge is 0.351 e. The lowest BCUT2D eigenvalue weighted by molar-refractivity contribution is -0.138. The van der Waals surface area contributed by atoms with Crippen molar-refractivity contribution >= 4 is 46.3 Å². The minimum Gasteiger partial charge on any atom is -0.351 e. The Labute approximate surface area is 365 Å². The second-order valence-corrected chi connectivity index (χ2v) is 18.2. The van der Waals surface area contributed by atoms with Gasteiger partial charge in [-0.05, 0) is 136 Å². The summed E-state index contributed by atoms with van der Waals surface area (Å²) >= 11 is 6.61. The Hall–Kier alpha value is -5.40. The molecule has 1 aliphatic carbocycles. The molecule has 62 heavy (non-hydrogen) atoms. The highest BCUT2D eigenvalue weighted by Crippen LogP contribution is 2.35. The van der Waals surface area contributed by atoms with Crippen molar-refractivity contribution in [3.63, 3.8) is 0 Å². The number of carbonyl (C=O) groups excluding carboxylic acids is 3. The number of carbonyl (C=O) groups is 3. The Bertz CT molecular complexity index is 2520. The Morgan fingerprint density at radius 2 is 1.65 bits per heavy atom. The first-order chi connectivity index (χ1) is 30.1. The summed E-state index contributed by atoms with van der Waals surface area (Å²) in [4.78, 5) is 65.4. The smallest absolute Gasteiger partial charge is 0.329 e. The molecule has 2 aromatic heterocycles. The van der Waals surface area contributed by atoms with Crippen molar-refractivity contribution in [1.29, 1.82) is 0 Å². The number of aryl methyl sites for hydroxylation is 1. The molecule has 3 amide bonds. The van der Waals surface area contributed by atoms with Crippen LogP contribution >= 0.6 is 11.6 Å². The SMILES string of the molecule is Cn1c(=O)n(C2CCC(=O)NC2=O)c2ccc(C3CCN(CCC4CCN(C(=O)[C@H]5CCC[C@@H](Nc6ncc(Cl)c(-c7cccc(-c8ccc(F)cc8)c7)n6)C5)CC4)CC3)cc21. The van der Waals surface area contributed by atoms with Gasteiger partial charge < -0.3 is 15.1 Å². The van der Waals surface area contributed by atoms with Crippen LogP contribution in [0.3, 0.4) is 0 Å². The summed E-state index contributed by atoms with van der Waals surface area (Å²) in [5, 5.41) is 6.35. The van der Waals surface area contributed by atoms with Crippen molar-refractivity contribution in [2.45, 2.75) is 88.6 Å². The zero-order valence-electron chi connectivity index (χ0n) is 35.2. The number of hydrogen-bond acceptors (Lipinski definition) is 8. The van der Waals surface area contributed by atoms with Crippen LogP contribution in [-0.4, -0.2) is 85.4 Å². The zero-order chi connectivity index (χ0) is 42.9. The quantitative estimate of drug-likeness (QED) is 0.137. The van der Waals surface area contributed by atoms with Gasteiger partial charge in [-0.2, -0.15) is 0 Å². The van der Waals surface area contributed by atoms with Gasteiger partial charge in [0.2, 0.25) is 23.7 Å². The lowest BCUT2D eigenvalue weighted by Crippen LogP contribution is -2.44. The summed E-state index contributed by atoms with van der Waals surface area (Å²) in [7, 11) is 1.75. The molecular formula is C48H54ClFN8O4. The van der Waals surface area contributed by atoms with Gasteiger partial charge in [-0.1, -0.05) is 54.4 Å². The van der Waals surface area contributed by atoms with Crippen LogP contribution in [0.4, 0.5) is 10.3 Å². The number of rotatable bonds is 10. The van der Waals surface area contributed by atoms with E-state index in [0.717, 1.165) is 118 Å². The fraction of sp³-hybridized carbons (Fsp3) is 0.458. The van der Waals surface area contributed by atoms with E-state index in [-0.39, 0.29) is 41.7 Å². The van der Waals surface area contributed by atoms with Gasteiger partial charge >= 0.3 is 5.69 Å². The number of aromatic nitrogens is 4. The lowest BCUT2D eigenvalue weighted by Gasteiger charge is -2.38. The topological polar surface area (TPSA) is 134 Å². The fourth-order valence-corrected chi connectivity index (χ4v) is 10.5. The number of anilines is 1. The number of nitrogens with zero attached hydrogens (tertiary/aromatic N) is 6. The third-order valence-electron chi connectivity index (χ3n) is 13.9. The fourth-order valence-electron chi connectivity index (χ4n) is 10.3. The first kappa shape index (κ1) is 41.9. The second-order valence-electron chi connectivity index (χ2n) is 17.8. The van der Waals surface area contributed by atoms with Gasteiger partial charge in [-0.3, -0.25) is 28.8 Å². The molecule has 14 heteroatoms. The molecule has 2 N–H and O–H groups in total. The second kappa shape index (κ2) is 18.1. The van der Waals surface area contributed by atoms with Gasteiger partial charge in [0.25, 0.3) is 0 Å². The molecule has 324 valence electrons. The normalized spacial score (nSPS) is 21.9. The monoisotopic (exact) mass is 860 g/mol. The molecule has 1 unspecified atom stereocenters. The molecule has 1 saturated carbocycles. The van der Waals surface area contributed by atoms with Gasteiger partial charge in [-0.15, -0.1) is 0 Å². The van der Waals surface area contributed by atoms with Crippen LogP contribution in [0.15, 0.2) is 77.7 Å². The molecule has 0 bridgehead atoms. The van der Waals surface area contributed by atoms with Crippen molar-refractivity contribution in [2.24, 2.45) is 18.9 Å². The van der Waals surface area contributed by atoms with Crippen LogP contribution in [-0.2, 0) is 21.4 Å². The Balaban J connectivity index is 0.731. The maximum Gasteiger partial charge on any atom is 0.329 e. The van der Waals surface area contributed by atoms with Crippen LogP contribution < -0.4 is 16.3 Å². The van der Waals surface area contributed by atoms with E-state index in [9.17, 15) is 23.6 Å². The van der Waals surface area contributed by atoms with Gasteiger partial charge in [0.1, 0.15) is 11.9 Å². The zero-order valence-corrected chi connectivity index (χ0v) is 36.0. The third-order valence-corrected chi connectivity index (χ3v) is 14.2. The highest BCUT2D eigenvalue weighted by atomic mass is 35.5. The van der Waals surface area contributed by atoms with Crippen LogP contribution in [0.25, 0.3) is 33.4 Å². The van der Waals surface area contributed by atoms with E-state index < -0.39 is 11.9 Å². The number of imide groups is 1. The Kier molecular flexibility index (Phi) is 12.3. The number of fused-ring (bicyclic) bond motifs is 1. The van der Waals surface area contributed by atoms with E-state index >= 15 is 0 Å². The number of benzene rings is 3. The number of nitrogens with one attached hydrogen (secondary N) is 2. The standard InChI is InChI=1S/C48H54ClFN8O4/c1-55-42-28-34(10-13-40(42)58(48(55)62)41-14-15-43(59)53-45(41)60)32-19-22-56(23-20-32)21-16-30-17-24-57(25-18-30)46(61)36-6-3-7-38(27-36)52-47-51-29-39(49)44(54-47)35-5-2-4-33(26-35)31-8-11-37(50)12-9-31/h2,4-5,8-13,26,28-30,32,36,38,41H,3,6-7,14-25,27H2,1H3,(H,51,52,54)(H,53,59,60)/t36-,38+,41?/m0/s1. The molecular weight excluding hydrogens is 807 g/mol. The molecule has 5 aromatic rings. The van der Waals surface area contributed by atoms with E-state index in [0.29, 0.717) is 34.9 Å². The molecule has 3 saturated heterocycles. The summed E-state index contributed by atoms with van der Waals surface area (Å²) in [6, 6.07) is 19.9. The third kappa shape index (κ3) is 8.92. The molecule has 4 fully saturated rings. The van der Waals surface area contributed by atoms with Gasteiger partial charge in [0.15, 0.2) is 0 Å². The summed E-state index contributed by atoms with van der Waals surface area (Å²) in [6.07, 6.45) is 11.1. The number of hydrogen-bond donors (Lipinski definition) is 2. The van der Waals surface area contributed by atoms with Crippen molar-refractivity contribution in [3.05, 3.63) is 99.8 Å². The predicted octanol–water partition coefficient (Wildman–Crippen LogP) is 7.71. The van der Waals surface area contributed by atoms with Crippen LogP contribution in [0, 0.1) is 17.7 Å². The van der Waals surface area contributed by atoms with Crippen LogP contribution in [0.1, 0.15) is 88.2 Å². The van der Waals surface area contributed by atoms with Crippen molar-refractivity contribution < 1.29 is 18.8 Å². The Morgan fingerprint density at radius 1 is 0.871 bits per heavy atom. The molecule has 5 heterocycles. The molecule has 0 spiro atoms. The first-order valence-electron chi connectivity index (χ1n) is 22.3. The van der Waals surface area contributed by atoms with Crippen LogP contribution in [0.2, 0.25) is 5.02 Å². The average Bonchev–Trinajstić information content (AvgIpc) is 3.54. The van der Waals surface area contributed by atoms with Crippen LogP contribution in [0.5, 0.6) is 0 Å². The lowest BCUT2D eigenvalue weighted by atomic mass is 9.84. The minimum absolute atomic E-state index is 0.0194. The Morgan fingerprint density at radius 3 is 2.42 bits per heavy atom. The predicted molar refractivity (Wildman–Crippen MR) is 238 cm³/mol. The van der Waals surface area contributed by atoms with Crippen molar-refractivity contribution in [1.82, 2.24) is 34.2 Å². The summed E-state index contributed by atoms with van der Waals surface area (Å²) < 4.78 is 16.7. The number of halogens is 2. The van der Waals surface area contributed by atoms with E-state index in [4.69, 9.17) is 16.6 Å². The molecule has 4 aliphatic rings. The number of likely N-dealkylation sites (tertiary alicyclic amines) is 2. The van der Waals surface area contributed by atoms with Crippen molar-refractivity contribution in [3.8, 4) is 22.4 Å². The van der Waals surface area contributed by atoms with Gasteiger partial charge in [0.05, 0.1) is 27.9 Å². The average molecular weight is 861 g/mol. The number of imidazole rings is 1. The molecule has 9 rings (SSSR count). The molecule has 12 nitrogen and oxygen atoms in total. The highest BCUT2D eigenvalue weighted by Gasteiger charge is 2.34. The molecule has 0 radical (unpaired) electrons. The van der Waals surface area contributed by atoms with E-state index in [1.54, 1.807) is 34.5 Å². The van der Waals surface area contributed by atoms with Crippen molar-refractivity contribution in [2.75, 3.05) is 38.0 Å². The maximum atomic E-state index is 13.8. The number of piperidine rings is 3. The van der Waals surface area contributed by atoms with E-state index in [2.05, 4.69) is 37.6 Å². The molecule has 3 aliphatic heterocycles. The van der Waals surface area contributed by atoms with Gasteiger partial charge in [0, 0.05) is 44.1 Å². The van der Waals surface area contributed by atoms with E-state index in [1.165, 1.54) is 17.7 Å². The van der Waals surface area contributed by atoms with Gasteiger partial charge in [-0.25, -0.2) is 19.2 Å². The summed E-state index contributed by atoms with van der Waals surface area (Å²) in [6.45, 7) is 4.76. The summed E-state index contributed by atoms with van der Waals surface area (Å²) in [5.41, 5.74) is 5.83. The molecule has 3 aromatic carbocycles. The maximum absolute atomic E-state index is 13.8.